The first-order chi connectivity index (χ1) is 9.21. The maximum Gasteiger partial charge on any atom is 0.244 e. The number of nitrogens with one attached hydrogen (secondary N) is 1. The molecule has 1 aromatic rings. The number of sulfonamides is 1. The third-order valence-electron chi connectivity index (χ3n) is 3.12. The quantitative estimate of drug-likeness (QED) is 0.793. The van der Waals surface area contributed by atoms with Crippen LogP contribution in [0.1, 0.15) is 16.7 Å². The highest BCUT2D eigenvalue weighted by Gasteiger charge is 2.34. The molecule has 0 aliphatic carbocycles. The molecule has 1 heterocycles. The highest BCUT2D eigenvalue weighted by Crippen LogP contribution is 2.25. The summed E-state index contributed by atoms with van der Waals surface area (Å²) in [7, 11) is -3.85. The van der Waals surface area contributed by atoms with Gasteiger partial charge in [0.15, 0.2) is 0 Å². The Labute approximate surface area is 117 Å². The Morgan fingerprint density at radius 2 is 1.45 bits per heavy atom. The first-order valence-electron chi connectivity index (χ1n) is 6.12. The summed E-state index contributed by atoms with van der Waals surface area (Å²) in [5.41, 5.74) is 2.19. The maximum atomic E-state index is 12.6. The number of rotatable bonds is 2. The number of benzene rings is 1. The van der Waals surface area contributed by atoms with Crippen molar-refractivity contribution in [2.75, 3.05) is 13.1 Å². The van der Waals surface area contributed by atoms with Crippen LogP contribution in [0.4, 0.5) is 0 Å². The molecule has 1 fully saturated rings. The lowest BCUT2D eigenvalue weighted by Crippen LogP contribution is -2.53. The SMILES string of the molecule is Cc1cc(C)c(S(=O)(=O)N2CC(=O)NC(=O)C2)c(C)c1. The summed E-state index contributed by atoms with van der Waals surface area (Å²) < 4.78 is 26.2. The van der Waals surface area contributed by atoms with Crippen molar-refractivity contribution in [3.63, 3.8) is 0 Å². The van der Waals surface area contributed by atoms with Crippen molar-refractivity contribution in [2.24, 2.45) is 0 Å². The molecule has 6 nitrogen and oxygen atoms in total. The molecule has 2 rings (SSSR count). The van der Waals surface area contributed by atoms with E-state index in [1.807, 2.05) is 6.92 Å². The normalized spacial score (nSPS) is 17.1. The number of hydrogen-bond donors (Lipinski definition) is 1. The summed E-state index contributed by atoms with van der Waals surface area (Å²) in [5, 5.41) is 2.09. The van der Waals surface area contributed by atoms with Gasteiger partial charge in [0.25, 0.3) is 0 Å². The van der Waals surface area contributed by atoms with E-state index < -0.39 is 21.8 Å². The van der Waals surface area contributed by atoms with Crippen LogP contribution < -0.4 is 5.32 Å². The first-order valence-corrected chi connectivity index (χ1v) is 7.56. The van der Waals surface area contributed by atoms with Crippen molar-refractivity contribution >= 4 is 21.8 Å². The molecule has 0 unspecified atom stereocenters. The lowest BCUT2D eigenvalue weighted by atomic mass is 10.1. The van der Waals surface area contributed by atoms with Crippen molar-refractivity contribution in [3.8, 4) is 0 Å². The van der Waals surface area contributed by atoms with Gasteiger partial charge in [0.05, 0.1) is 18.0 Å². The molecule has 1 aliphatic heterocycles. The molecule has 0 saturated carbocycles. The first kappa shape index (κ1) is 14.7. The van der Waals surface area contributed by atoms with E-state index in [9.17, 15) is 18.0 Å². The van der Waals surface area contributed by atoms with Crippen molar-refractivity contribution in [1.82, 2.24) is 9.62 Å². The maximum absolute atomic E-state index is 12.6. The highest BCUT2D eigenvalue weighted by molar-refractivity contribution is 7.89. The minimum Gasteiger partial charge on any atom is -0.294 e. The van der Waals surface area contributed by atoms with Crippen LogP contribution in [-0.4, -0.2) is 37.6 Å². The van der Waals surface area contributed by atoms with Gasteiger partial charge in [-0.2, -0.15) is 4.31 Å². The molecule has 0 radical (unpaired) electrons. The van der Waals surface area contributed by atoms with Gasteiger partial charge in [-0.15, -0.1) is 0 Å². The fourth-order valence-corrected chi connectivity index (χ4v) is 4.25. The van der Waals surface area contributed by atoms with Crippen LogP contribution in [0.5, 0.6) is 0 Å². The van der Waals surface area contributed by atoms with Crippen molar-refractivity contribution < 1.29 is 18.0 Å². The summed E-state index contributed by atoms with van der Waals surface area (Å²) in [6.07, 6.45) is 0. The lowest BCUT2D eigenvalue weighted by molar-refractivity contribution is -0.134. The molecule has 7 heteroatoms. The van der Waals surface area contributed by atoms with E-state index >= 15 is 0 Å². The van der Waals surface area contributed by atoms with Crippen molar-refractivity contribution in [1.29, 1.82) is 0 Å². The zero-order valence-corrected chi connectivity index (χ0v) is 12.4. The third-order valence-corrected chi connectivity index (χ3v) is 5.22. The summed E-state index contributed by atoms with van der Waals surface area (Å²) in [6.45, 7) is 4.63. The van der Waals surface area contributed by atoms with Gasteiger partial charge in [-0.1, -0.05) is 17.7 Å². The fourth-order valence-electron chi connectivity index (χ4n) is 2.48. The highest BCUT2D eigenvalue weighted by atomic mass is 32.2. The number of aryl methyl sites for hydroxylation is 3. The number of amides is 2. The van der Waals surface area contributed by atoms with Gasteiger partial charge in [0, 0.05) is 0 Å². The second kappa shape index (κ2) is 4.99. The summed E-state index contributed by atoms with van der Waals surface area (Å²) >= 11 is 0. The zero-order chi connectivity index (χ0) is 15.1. The smallest absolute Gasteiger partial charge is 0.244 e. The molecule has 0 spiro atoms. The Kier molecular flexibility index (Phi) is 3.66. The van der Waals surface area contributed by atoms with Crippen LogP contribution in [-0.2, 0) is 19.6 Å². The van der Waals surface area contributed by atoms with Crippen LogP contribution in [0.25, 0.3) is 0 Å². The number of nitrogens with zero attached hydrogens (tertiary/aromatic N) is 1. The van der Waals surface area contributed by atoms with Gasteiger partial charge in [-0.3, -0.25) is 14.9 Å². The standard InChI is InChI=1S/C13H16N2O4S/c1-8-4-9(2)13(10(3)5-8)20(18,19)15-6-11(16)14-12(17)7-15/h4-5H,6-7H2,1-3H3,(H,14,16,17). The van der Waals surface area contributed by atoms with E-state index in [-0.39, 0.29) is 18.0 Å². The van der Waals surface area contributed by atoms with Crippen LogP contribution in [0, 0.1) is 20.8 Å². The van der Waals surface area contributed by atoms with Gasteiger partial charge < -0.3 is 0 Å². The molecule has 0 atom stereocenters. The average molecular weight is 296 g/mol. The number of piperazine rings is 1. The second-order valence-corrected chi connectivity index (χ2v) is 6.85. The van der Waals surface area contributed by atoms with E-state index in [2.05, 4.69) is 5.32 Å². The minimum absolute atomic E-state index is 0.172. The topological polar surface area (TPSA) is 83.6 Å². The van der Waals surface area contributed by atoms with E-state index in [1.165, 1.54) is 0 Å². The summed E-state index contributed by atoms with van der Waals surface area (Å²) in [4.78, 5) is 22.9. The molecule has 0 aromatic heterocycles. The van der Waals surface area contributed by atoms with E-state index in [0.29, 0.717) is 11.1 Å². The predicted octanol–water partition coefficient (Wildman–Crippen LogP) is 0.259. The van der Waals surface area contributed by atoms with Crippen molar-refractivity contribution in [3.05, 3.63) is 28.8 Å². The van der Waals surface area contributed by atoms with Crippen LogP contribution in [0.2, 0.25) is 0 Å². The Morgan fingerprint density at radius 1 is 1.00 bits per heavy atom. The number of imide groups is 1. The zero-order valence-electron chi connectivity index (χ0n) is 11.6. The minimum atomic E-state index is -3.85. The number of carbonyl (C=O) groups is 2. The molecule has 2 amide bonds. The number of carbonyl (C=O) groups excluding carboxylic acids is 2. The van der Waals surface area contributed by atoms with E-state index in [1.54, 1.807) is 26.0 Å². The van der Waals surface area contributed by atoms with Gasteiger partial charge in [-0.05, 0) is 31.9 Å². The van der Waals surface area contributed by atoms with Gasteiger partial charge in [0.1, 0.15) is 0 Å². The predicted molar refractivity (Wildman–Crippen MR) is 72.6 cm³/mol. The van der Waals surface area contributed by atoms with Gasteiger partial charge in [-0.25, -0.2) is 8.42 Å². The summed E-state index contributed by atoms with van der Waals surface area (Å²) in [5.74, 6) is -1.21. The molecule has 1 aromatic carbocycles. The lowest BCUT2D eigenvalue weighted by Gasteiger charge is -2.26. The third kappa shape index (κ3) is 2.59. The Morgan fingerprint density at radius 3 is 1.90 bits per heavy atom. The molecule has 1 N–H and O–H groups in total. The molecule has 1 aliphatic rings. The molecule has 108 valence electrons. The van der Waals surface area contributed by atoms with Gasteiger partial charge >= 0.3 is 0 Å². The Hall–Kier alpha value is -1.73. The fraction of sp³-hybridized carbons (Fsp3) is 0.385. The van der Waals surface area contributed by atoms with Crippen LogP contribution in [0.3, 0.4) is 0 Å². The molecule has 20 heavy (non-hydrogen) atoms. The summed E-state index contributed by atoms with van der Waals surface area (Å²) in [6, 6.07) is 3.54. The van der Waals surface area contributed by atoms with Crippen LogP contribution in [0.15, 0.2) is 17.0 Å². The molecular weight excluding hydrogens is 280 g/mol. The van der Waals surface area contributed by atoms with Gasteiger partial charge in [0.2, 0.25) is 21.8 Å². The largest absolute Gasteiger partial charge is 0.294 e. The van der Waals surface area contributed by atoms with Crippen LogP contribution >= 0.6 is 0 Å². The van der Waals surface area contributed by atoms with E-state index in [4.69, 9.17) is 0 Å². The number of hydrogen-bond acceptors (Lipinski definition) is 4. The second-order valence-electron chi connectivity index (χ2n) is 4.97. The molecular formula is C13H16N2O4S. The molecule has 0 bridgehead atoms. The van der Waals surface area contributed by atoms with Crippen molar-refractivity contribution in [2.45, 2.75) is 25.7 Å². The Bertz CT molecular complexity index is 655. The average Bonchev–Trinajstić information content (AvgIpc) is 2.25. The monoisotopic (exact) mass is 296 g/mol. The molecule has 1 saturated heterocycles. The van der Waals surface area contributed by atoms with E-state index in [0.717, 1.165) is 9.87 Å². The Balaban J connectivity index is 2.51.